The Hall–Kier alpha value is -5.05. The SMILES string of the molecule is C=C(CCN=C(N)N)[C@@H](NC(=O)[C@@H](CO)NC(=O)[C@@H](CO)NC(=O)[C@@H](CO)NC(=O)CS)C(=O)N[C@H](C)C(=O)Nc1ccc(C(C)=O)cc1. The highest BCUT2D eigenvalue weighted by molar-refractivity contribution is 7.81. The normalized spacial score (nSPS) is 13.6. The highest BCUT2D eigenvalue weighted by atomic mass is 32.1. The van der Waals surface area contributed by atoms with E-state index in [0.29, 0.717) is 11.3 Å². The molecule has 0 bridgehead atoms. The molecule has 0 saturated heterocycles. The molecule has 49 heavy (non-hydrogen) atoms. The van der Waals surface area contributed by atoms with Crippen molar-refractivity contribution in [2.24, 2.45) is 16.5 Å². The molecular weight excluding hydrogens is 666 g/mol. The third-order valence-electron chi connectivity index (χ3n) is 6.60. The molecule has 13 N–H and O–H groups in total. The molecule has 5 atom stereocenters. The molecule has 0 aliphatic rings. The number of carbonyl (C=O) groups excluding carboxylic acids is 7. The molecule has 0 heterocycles. The summed E-state index contributed by atoms with van der Waals surface area (Å²) in [6.07, 6.45) is -0.0239. The first-order valence-electron chi connectivity index (χ1n) is 14.7. The van der Waals surface area contributed by atoms with Crippen molar-refractivity contribution in [3.63, 3.8) is 0 Å². The minimum absolute atomic E-state index is 0.0239. The number of anilines is 1. The maximum Gasteiger partial charge on any atom is 0.247 e. The van der Waals surface area contributed by atoms with Crippen LogP contribution in [0.15, 0.2) is 41.4 Å². The number of thiol groups is 1. The fourth-order valence-corrected chi connectivity index (χ4v) is 3.93. The van der Waals surface area contributed by atoms with E-state index in [1.807, 2.05) is 0 Å². The molecule has 0 spiro atoms. The van der Waals surface area contributed by atoms with E-state index in [1.54, 1.807) is 0 Å². The number of rotatable bonds is 20. The molecule has 0 aromatic heterocycles. The molecule has 0 unspecified atom stereocenters. The van der Waals surface area contributed by atoms with Gasteiger partial charge in [-0.2, -0.15) is 12.6 Å². The Bertz CT molecular complexity index is 1400. The van der Waals surface area contributed by atoms with Gasteiger partial charge >= 0.3 is 0 Å². The number of nitrogens with one attached hydrogen (secondary N) is 6. The van der Waals surface area contributed by atoms with Gasteiger partial charge in [-0.1, -0.05) is 6.58 Å². The number of aliphatic imine (C=N–C) groups is 1. The summed E-state index contributed by atoms with van der Waals surface area (Å²) in [5, 5.41) is 42.7. The second-order valence-electron chi connectivity index (χ2n) is 10.5. The molecule has 1 aromatic rings. The summed E-state index contributed by atoms with van der Waals surface area (Å²) in [5.41, 5.74) is 11.5. The van der Waals surface area contributed by atoms with Gasteiger partial charge < -0.3 is 58.7 Å². The van der Waals surface area contributed by atoms with E-state index in [4.69, 9.17) is 11.5 Å². The first-order valence-corrected chi connectivity index (χ1v) is 15.3. The van der Waals surface area contributed by atoms with Gasteiger partial charge in [0.1, 0.15) is 30.2 Å². The van der Waals surface area contributed by atoms with Crippen molar-refractivity contribution in [2.75, 3.05) is 37.4 Å². The Kier molecular flexibility index (Phi) is 18.0. The second-order valence-corrected chi connectivity index (χ2v) is 10.8. The number of amides is 6. The van der Waals surface area contributed by atoms with Crippen molar-refractivity contribution < 1.29 is 48.9 Å². The second kappa shape index (κ2) is 21.0. The van der Waals surface area contributed by atoms with Crippen LogP contribution in [0, 0.1) is 0 Å². The van der Waals surface area contributed by atoms with E-state index in [2.05, 4.69) is 56.1 Å². The van der Waals surface area contributed by atoms with E-state index < -0.39 is 85.5 Å². The lowest BCUT2D eigenvalue weighted by Crippen LogP contribution is -2.60. The van der Waals surface area contributed by atoms with Gasteiger partial charge in [-0.15, -0.1) is 0 Å². The number of benzene rings is 1. The predicted octanol–water partition coefficient (Wildman–Crippen LogP) is -4.60. The summed E-state index contributed by atoms with van der Waals surface area (Å²) in [5.74, 6) is -6.25. The van der Waals surface area contributed by atoms with Crippen LogP contribution in [-0.2, 0) is 28.8 Å². The number of hydrogen-bond acceptors (Lipinski definition) is 12. The summed E-state index contributed by atoms with van der Waals surface area (Å²) in [4.78, 5) is 91.4. The molecule has 0 aliphatic carbocycles. The zero-order valence-corrected chi connectivity index (χ0v) is 27.8. The van der Waals surface area contributed by atoms with E-state index in [0.717, 1.165) is 0 Å². The minimum Gasteiger partial charge on any atom is -0.394 e. The maximum absolute atomic E-state index is 13.3. The molecule has 1 aromatic carbocycles. The molecule has 20 heteroatoms. The van der Waals surface area contributed by atoms with Crippen LogP contribution >= 0.6 is 12.6 Å². The van der Waals surface area contributed by atoms with Gasteiger partial charge in [0.05, 0.1) is 25.6 Å². The van der Waals surface area contributed by atoms with Gasteiger partial charge in [0, 0.05) is 17.8 Å². The number of carbonyl (C=O) groups is 7. The number of Topliss-reactive ketones (excluding diaryl/α,β-unsaturated/α-hetero) is 1. The van der Waals surface area contributed by atoms with E-state index >= 15 is 0 Å². The van der Waals surface area contributed by atoms with Gasteiger partial charge in [0.2, 0.25) is 35.4 Å². The first-order chi connectivity index (χ1) is 23.1. The van der Waals surface area contributed by atoms with Gasteiger partial charge in [0.25, 0.3) is 0 Å². The third-order valence-corrected chi connectivity index (χ3v) is 6.89. The maximum atomic E-state index is 13.3. The molecule has 19 nitrogen and oxygen atoms in total. The van der Waals surface area contributed by atoms with Crippen molar-refractivity contribution in [2.45, 2.75) is 50.5 Å². The molecule has 270 valence electrons. The quantitative estimate of drug-likeness (QED) is 0.0200. The van der Waals surface area contributed by atoms with Crippen molar-refractivity contribution >= 4 is 65.5 Å². The smallest absolute Gasteiger partial charge is 0.247 e. The number of guanidine groups is 1. The summed E-state index contributed by atoms with van der Waals surface area (Å²) < 4.78 is 0. The Balaban J connectivity index is 3.07. The summed E-state index contributed by atoms with van der Waals surface area (Å²) >= 11 is 3.75. The zero-order valence-electron chi connectivity index (χ0n) is 26.9. The van der Waals surface area contributed by atoms with Crippen LogP contribution in [0.2, 0.25) is 0 Å². The van der Waals surface area contributed by atoms with Crippen LogP contribution in [0.1, 0.15) is 30.6 Å². The predicted molar refractivity (Wildman–Crippen MR) is 180 cm³/mol. The number of nitrogens with zero attached hydrogens (tertiary/aromatic N) is 1. The number of aliphatic hydroxyl groups is 3. The average molecular weight is 710 g/mol. The Morgan fingerprint density at radius 2 is 1.27 bits per heavy atom. The van der Waals surface area contributed by atoms with Crippen molar-refractivity contribution in [3.05, 3.63) is 42.0 Å². The summed E-state index contributed by atoms with van der Waals surface area (Å²) in [6.45, 7) is 3.68. The fourth-order valence-electron chi connectivity index (χ4n) is 3.84. The molecular formula is C29H43N9O10S. The van der Waals surface area contributed by atoms with Gasteiger partial charge in [-0.3, -0.25) is 38.6 Å². The van der Waals surface area contributed by atoms with Crippen LogP contribution in [-0.4, -0.2) is 125 Å². The van der Waals surface area contributed by atoms with E-state index in [-0.39, 0.29) is 36.0 Å². The van der Waals surface area contributed by atoms with Crippen LogP contribution in [0.25, 0.3) is 0 Å². The van der Waals surface area contributed by atoms with E-state index in [9.17, 15) is 48.9 Å². The summed E-state index contributed by atoms with van der Waals surface area (Å²) in [6, 6.07) is -1.58. The van der Waals surface area contributed by atoms with Crippen LogP contribution in [0.3, 0.4) is 0 Å². The van der Waals surface area contributed by atoms with Gasteiger partial charge in [-0.05, 0) is 50.1 Å². The third kappa shape index (κ3) is 14.3. The average Bonchev–Trinajstić information content (AvgIpc) is 3.06. The standard InChI is InChI=1S/C29H43N9O10S/c1-14(8-9-32-29(30)31)23(28(48)33-15(2)24(44)34-18-6-4-17(5-7-18)16(3)42)38-27(47)21(12-41)37-26(46)20(11-40)36-25(45)19(10-39)35-22(43)13-49/h4-7,15,19-21,23,39-41,49H,1,8-13H2,2-3H3,(H,33,48)(H,34,44)(H,35,43)(H,36,45)(H,37,46)(H,38,47)(H4,30,31,32)/t15-,19-,20-,21-,23-/m1/s1. The lowest BCUT2D eigenvalue weighted by Gasteiger charge is -2.26. The molecule has 0 fully saturated rings. The molecule has 0 aliphatic heterocycles. The highest BCUT2D eigenvalue weighted by Crippen LogP contribution is 2.11. The van der Waals surface area contributed by atoms with E-state index in [1.165, 1.54) is 38.1 Å². The lowest BCUT2D eigenvalue weighted by molar-refractivity contribution is -0.136. The molecule has 0 saturated carbocycles. The monoisotopic (exact) mass is 709 g/mol. The lowest BCUT2D eigenvalue weighted by atomic mass is 10.0. The number of hydrogen-bond donors (Lipinski definition) is 12. The van der Waals surface area contributed by atoms with Gasteiger partial charge in [-0.25, -0.2) is 0 Å². The van der Waals surface area contributed by atoms with Crippen molar-refractivity contribution in [1.82, 2.24) is 26.6 Å². The van der Waals surface area contributed by atoms with Crippen LogP contribution in [0.4, 0.5) is 5.69 Å². The topological polar surface area (TPSA) is 317 Å². The van der Waals surface area contributed by atoms with Crippen LogP contribution in [0.5, 0.6) is 0 Å². The Labute approximate surface area is 287 Å². The minimum atomic E-state index is -1.73. The van der Waals surface area contributed by atoms with Gasteiger partial charge in [0.15, 0.2) is 11.7 Å². The molecule has 6 amide bonds. The number of nitrogens with two attached hydrogens (primary N) is 2. The van der Waals surface area contributed by atoms with Crippen molar-refractivity contribution in [1.29, 1.82) is 0 Å². The first kappa shape index (κ1) is 42.0. The molecule has 1 rings (SSSR count). The molecule has 0 radical (unpaired) electrons. The highest BCUT2D eigenvalue weighted by Gasteiger charge is 2.32. The Morgan fingerprint density at radius 3 is 1.71 bits per heavy atom. The Morgan fingerprint density at radius 1 is 0.776 bits per heavy atom. The van der Waals surface area contributed by atoms with Crippen LogP contribution < -0.4 is 43.4 Å². The summed E-state index contributed by atoms with van der Waals surface area (Å²) in [7, 11) is 0. The van der Waals surface area contributed by atoms with Crippen molar-refractivity contribution in [3.8, 4) is 0 Å². The zero-order chi connectivity index (χ0) is 37.3. The fraction of sp³-hybridized carbons (Fsp3) is 0.448. The number of aliphatic hydroxyl groups excluding tert-OH is 3. The largest absolute Gasteiger partial charge is 0.394 e. The number of ketones is 1.